The SMILES string of the molecule is CCOc1ccc(/C(C)=N\NC(=O)CNc2ccc(I)cc2)cc1. The highest BCUT2D eigenvalue weighted by molar-refractivity contribution is 14.1. The van der Waals surface area contributed by atoms with Crippen molar-refractivity contribution < 1.29 is 9.53 Å². The van der Waals surface area contributed by atoms with Crippen molar-refractivity contribution in [2.75, 3.05) is 18.5 Å². The first-order valence-corrected chi connectivity index (χ1v) is 8.72. The number of halogens is 1. The van der Waals surface area contributed by atoms with E-state index in [0.29, 0.717) is 6.61 Å². The number of hydrazone groups is 1. The van der Waals surface area contributed by atoms with E-state index in [4.69, 9.17) is 4.74 Å². The van der Waals surface area contributed by atoms with Gasteiger partial charge in [0.2, 0.25) is 0 Å². The van der Waals surface area contributed by atoms with Crippen LogP contribution in [0, 0.1) is 3.57 Å². The van der Waals surface area contributed by atoms with Crippen LogP contribution in [0.25, 0.3) is 0 Å². The van der Waals surface area contributed by atoms with Crippen molar-refractivity contribution in [1.29, 1.82) is 0 Å². The average molecular weight is 437 g/mol. The number of rotatable bonds is 7. The molecule has 0 radical (unpaired) electrons. The highest BCUT2D eigenvalue weighted by Crippen LogP contribution is 2.13. The summed E-state index contributed by atoms with van der Waals surface area (Å²) in [6.07, 6.45) is 0. The molecule has 2 rings (SSSR count). The number of anilines is 1. The third-order valence-electron chi connectivity index (χ3n) is 3.23. The summed E-state index contributed by atoms with van der Waals surface area (Å²) in [6.45, 7) is 4.60. The lowest BCUT2D eigenvalue weighted by molar-refractivity contribution is -0.119. The highest BCUT2D eigenvalue weighted by Gasteiger charge is 2.02. The lowest BCUT2D eigenvalue weighted by Gasteiger charge is -2.07. The summed E-state index contributed by atoms with van der Waals surface area (Å²) >= 11 is 2.24. The minimum absolute atomic E-state index is 0.167. The Kier molecular flexibility index (Phi) is 7.05. The van der Waals surface area contributed by atoms with E-state index in [1.165, 1.54) is 0 Å². The van der Waals surface area contributed by atoms with Crippen LogP contribution < -0.4 is 15.5 Å². The van der Waals surface area contributed by atoms with E-state index in [1.807, 2.05) is 62.4 Å². The molecule has 24 heavy (non-hydrogen) atoms. The summed E-state index contributed by atoms with van der Waals surface area (Å²) in [5, 5.41) is 7.19. The molecule has 2 aromatic rings. The van der Waals surface area contributed by atoms with Gasteiger partial charge < -0.3 is 10.1 Å². The first-order valence-electron chi connectivity index (χ1n) is 7.64. The molecule has 0 aliphatic heterocycles. The summed E-state index contributed by atoms with van der Waals surface area (Å²) in [4.78, 5) is 11.9. The van der Waals surface area contributed by atoms with Crippen molar-refractivity contribution in [1.82, 2.24) is 5.43 Å². The van der Waals surface area contributed by atoms with Gasteiger partial charge in [-0.15, -0.1) is 0 Å². The van der Waals surface area contributed by atoms with Gasteiger partial charge in [0, 0.05) is 9.26 Å². The van der Waals surface area contributed by atoms with Crippen molar-refractivity contribution in [3.8, 4) is 5.75 Å². The Morgan fingerprint density at radius 3 is 2.42 bits per heavy atom. The lowest BCUT2D eigenvalue weighted by atomic mass is 10.1. The van der Waals surface area contributed by atoms with Crippen LogP contribution in [-0.2, 0) is 4.79 Å². The first kappa shape index (κ1) is 18.3. The molecule has 0 unspecified atom stereocenters. The zero-order valence-corrected chi connectivity index (χ0v) is 15.8. The van der Waals surface area contributed by atoms with Gasteiger partial charge in [0.05, 0.1) is 18.9 Å². The molecule has 1 amide bonds. The molecule has 0 heterocycles. The smallest absolute Gasteiger partial charge is 0.259 e. The van der Waals surface area contributed by atoms with E-state index in [9.17, 15) is 4.79 Å². The van der Waals surface area contributed by atoms with Gasteiger partial charge in [-0.3, -0.25) is 4.79 Å². The summed E-state index contributed by atoms with van der Waals surface area (Å²) in [5.41, 5.74) is 5.13. The third kappa shape index (κ3) is 5.84. The van der Waals surface area contributed by atoms with Gasteiger partial charge in [-0.05, 0) is 90.5 Å². The Morgan fingerprint density at radius 1 is 1.12 bits per heavy atom. The fourth-order valence-electron chi connectivity index (χ4n) is 1.96. The van der Waals surface area contributed by atoms with E-state index >= 15 is 0 Å². The topological polar surface area (TPSA) is 62.7 Å². The standard InChI is InChI=1S/C18H20IN3O2/c1-3-24-17-10-4-14(5-11-17)13(2)21-22-18(23)12-20-16-8-6-15(19)7-9-16/h4-11,20H,3,12H2,1-2H3,(H,22,23)/b21-13-. The molecule has 0 bridgehead atoms. The van der Waals surface area contributed by atoms with Crippen LogP contribution in [-0.4, -0.2) is 24.8 Å². The van der Waals surface area contributed by atoms with E-state index in [2.05, 4.69) is 38.4 Å². The molecule has 0 atom stereocenters. The van der Waals surface area contributed by atoms with Gasteiger partial charge >= 0.3 is 0 Å². The van der Waals surface area contributed by atoms with Crippen LogP contribution in [0.5, 0.6) is 5.75 Å². The van der Waals surface area contributed by atoms with Gasteiger partial charge in [0.15, 0.2) is 0 Å². The summed E-state index contributed by atoms with van der Waals surface area (Å²) < 4.78 is 6.55. The van der Waals surface area contributed by atoms with Crippen LogP contribution in [0.1, 0.15) is 19.4 Å². The molecule has 0 saturated heterocycles. The van der Waals surface area contributed by atoms with Gasteiger partial charge in [-0.1, -0.05) is 0 Å². The summed E-state index contributed by atoms with van der Waals surface area (Å²) in [7, 11) is 0. The molecule has 0 aromatic heterocycles. The number of hydrogen-bond donors (Lipinski definition) is 2. The Bertz CT molecular complexity index is 697. The van der Waals surface area contributed by atoms with E-state index in [-0.39, 0.29) is 12.5 Å². The monoisotopic (exact) mass is 437 g/mol. The minimum Gasteiger partial charge on any atom is -0.494 e. The molecular weight excluding hydrogens is 417 g/mol. The van der Waals surface area contributed by atoms with Gasteiger partial charge in [0.25, 0.3) is 5.91 Å². The molecule has 2 aromatic carbocycles. The zero-order chi connectivity index (χ0) is 17.4. The Balaban J connectivity index is 1.84. The number of benzene rings is 2. The third-order valence-corrected chi connectivity index (χ3v) is 3.95. The van der Waals surface area contributed by atoms with Crippen molar-refractivity contribution in [2.45, 2.75) is 13.8 Å². The molecule has 5 nitrogen and oxygen atoms in total. The van der Waals surface area contributed by atoms with E-state index in [0.717, 1.165) is 26.3 Å². The van der Waals surface area contributed by atoms with E-state index < -0.39 is 0 Å². The average Bonchev–Trinajstić information content (AvgIpc) is 2.60. The summed E-state index contributed by atoms with van der Waals surface area (Å²) in [5.74, 6) is 0.624. The number of amides is 1. The minimum atomic E-state index is -0.196. The maximum atomic E-state index is 11.9. The number of ether oxygens (including phenoxy) is 1. The van der Waals surface area contributed by atoms with Crippen LogP contribution in [0.3, 0.4) is 0 Å². The van der Waals surface area contributed by atoms with Crippen molar-refractivity contribution in [3.63, 3.8) is 0 Å². The molecule has 2 N–H and O–H groups in total. The second-order valence-electron chi connectivity index (χ2n) is 5.05. The molecule has 126 valence electrons. The fourth-order valence-corrected chi connectivity index (χ4v) is 2.32. The molecule has 0 aliphatic carbocycles. The summed E-state index contributed by atoms with van der Waals surface area (Å²) in [6, 6.07) is 15.4. The predicted octanol–water partition coefficient (Wildman–Crippen LogP) is 3.64. The molecule has 0 saturated carbocycles. The van der Waals surface area contributed by atoms with Crippen LogP contribution in [0.15, 0.2) is 53.6 Å². The molecule has 0 spiro atoms. The molecular formula is C18H20IN3O2. The second kappa shape index (κ2) is 9.27. The number of nitrogens with zero attached hydrogens (tertiary/aromatic N) is 1. The van der Waals surface area contributed by atoms with Crippen LogP contribution in [0.4, 0.5) is 5.69 Å². The van der Waals surface area contributed by atoms with Crippen molar-refractivity contribution in [2.24, 2.45) is 5.10 Å². The molecule has 0 aliphatic rings. The van der Waals surface area contributed by atoms with Crippen molar-refractivity contribution >= 4 is 39.9 Å². The second-order valence-corrected chi connectivity index (χ2v) is 6.30. The van der Waals surface area contributed by atoms with Gasteiger partial charge in [-0.25, -0.2) is 5.43 Å². The maximum absolute atomic E-state index is 11.9. The normalized spacial score (nSPS) is 11.0. The fraction of sp³-hybridized carbons (Fsp3) is 0.222. The zero-order valence-electron chi connectivity index (χ0n) is 13.7. The number of hydrogen-bond acceptors (Lipinski definition) is 4. The first-order chi connectivity index (χ1) is 11.6. The highest BCUT2D eigenvalue weighted by atomic mass is 127. The largest absolute Gasteiger partial charge is 0.494 e. The maximum Gasteiger partial charge on any atom is 0.259 e. The Hall–Kier alpha value is -2.09. The molecule has 6 heteroatoms. The number of nitrogens with one attached hydrogen (secondary N) is 2. The molecule has 0 fully saturated rings. The Labute approximate surface area is 155 Å². The van der Waals surface area contributed by atoms with Crippen LogP contribution in [0.2, 0.25) is 0 Å². The predicted molar refractivity (Wildman–Crippen MR) is 106 cm³/mol. The van der Waals surface area contributed by atoms with Gasteiger partial charge in [-0.2, -0.15) is 5.10 Å². The Morgan fingerprint density at radius 2 is 1.79 bits per heavy atom. The van der Waals surface area contributed by atoms with Crippen LogP contribution >= 0.6 is 22.6 Å². The lowest BCUT2D eigenvalue weighted by Crippen LogP contribution is -2.26. The van der Waals surface area contributed by atoms with E-state index in [1.54, 1.807) is 0 Å². The quantitative estimate of drug-likeness (QED) is 0.395. The van der Waals surface area contributed by atoms with Gasteiger partial charge in [0.1, 0.15) is 5.75 Å². The van der Waals surface area contributed by atoms with Crippen molar-refractivity contribution in [3.05, 3.63) is 57.7 Å². The number of carbonyl (C=O) groups excluding carboxylic acids is 1. The number of carbonyl (C=O) groups is 1.